The lowest BCUT2D eigenvalue weighted by Gasteiger charge is -2.06. The lowest BCUT2D eigenvalue weighted by Crippen LogP contribution is -2.02. The first-order valence-electron chi connectivity index (χ1n) is 7.53. The Morgan fingerprint density at radius 2 is 1.65 bits per heavy atom. The van der Waals surface area contributed by atoms with Crippen LogP contribution in [0.4, 0.5) is 0 Å². The number of benzene rings is 2. The van der Waals surface area contributed by atoms with Crippen LogP contribution in [0.2, 0.25) is 0 Å². The molecule has 0 saturated carbocycles. The van der Waals surface area contributed by atoms with Crippen LogP contribution < -0.4 is 0 Å². The van der Waals surface area contributed by atoms with E-state index in [0.29, 0.717) is 0 Å². The first-order chi connectivity index (χ1) is 9.78. The summed E-state index contributed by atoms with van der Waals surface area (Å²) < 4.78 is 0. The topological polar surface area (TPSA) is 17.1 Å². The van der Waals surface area contributed by atoms with Crippen LogP contribution >= 0.6 is 0 Å². The molecule has 1 heteroatoms. The first kappa shape index (κ1) is 13.1. The second-order valence-corrected chi connectivity index (χ2v) is 5.61. The van der Waals surface area contributed by atoms with E-state index in [1.54, 1.807) is 0 Å². The van der Waals surface area contributed by atoms with Crippen molar-refractivity contribution in [3.63, 3.8) is 0 Å². The van der Waals surface area contributed by atoms with Crippen LogP contribution in [0.5, 0.6) is 0 Å². The van der Waals surface area contributed by atoms with Crippen molar-refractivity contribution < 1.29 is 4.79 Å². The maximum Gasteiger partial charge on any atom is 0.193 e. The average Bonchev–Trinajstić information content (AvgIpc) is 2.95. The molecule has 3 rings (SSSR count). The molecule has 1 nitrogen and oxygen atoms in total. The van der Waals surface area contributed by atoms with Crippen LogP contribution in [-0.2, 0) is 19.3 Å². The van der Waals surface area contributed by atoms with Crippen molar-refractivity contribution in [2.24, 2.45) is 0 Å². The minimum atomic E-state index is 0.141. The highest BCUT2D eigenvalue weighted by molar-refractivity contribution is 6.09. The largest absolute Gasteiger partial charge is 0.289 e. The summed E-state index contributed by atoms with van der Waals surface area (Å²) in [6.45, 7) is 2.17. The van der Waals surface area contributed by atoms with Gasteiger partial charge in [-0.1, -0.05) is 49.7 Å². The zero-order valence-electron chi connectivity index (χ0n) is 12.0. The summed E-state index contributed by atoms with van der Waals surface area (Å²) >= 11 is 0. The highest BCUT2D eigenvalue weighted by atomic mass is 16.1. The quantitative estimate of drug-likeness (QED) is 0.750. The van der Waals surface area contributed by atoms with E-state index in [1.165, 1.54) is 23.1 Å². The molecule has 0 spiro atoms. The molecule has 0 unspecified atom stereocenters. The van der Waals surface area contributed by atoms with Crippen LogP contribution in [0.1, 0.15) is 52.4 Å². The average molecular weight is 264 g/mol. The Bertz CT molecular complexity index is 623. The number of rotatable bonds is 4. The van der Waals surface area contributed by atoms with Gasteiger partial charge in [-0.15, -0.1) is 0 Å². The summed E-state index contributed by atoms with van der Waals surface area (Å²) in [4.78, 5) is 12.5. The lowest BCUT2D eigenvalue weighted by atomic mass is 9.98. The van der Waals surface area contributed by atoms with E-state index in [4.69, 9.17) is 0 Å². The molecule has 0 saturated heterocycles. The number of ketones is 1. The number of carbonyl (C=O) groups excluding carboxylic acids is 1. The van der Waals surface area contributed by atoms with Gasteiger partial charge >= 0.3 is 0 Å². The number of hydrogen-bond acceptors (Lipinski definition) is 1. The summed E-state index contributed by atoms with van der Waals surface area (Å²) in [6, 6.07) is 14.3. The summed E-state index contributed by atoms with van der Waals surface area (Å²) in [7, 11) is 0. The number of aryl methyl sites for hydroxylation is 3. The minimum absolute atomic E-state index is 0.141. The molecule has 2 aromatic carbocycles. The molecule has 0 radical (unpaired) electrons. The van der Waals surface area contributed by atoms with Gasteiger partial charge in [-0.3, -0.25) is 4.79 Å². The van der Waals surface area contributed by atoms with E-state index >= 15 is 0 Å². The van der Waals surface area contributed by atoms with Crippen LogP contribution in [0.15, 0.2) is 42.5 Å². The molecular weight excluding hydrogens is 244 g/mol. The van der Waals surface area contributed by atoms with Gasteiger partial charge < -0.3 is 0 Å². The van der Waals surface area contributed by atoms with Gasteiger partial charge in [-0.2, -0.15) is 0 Å². The van der Waals surface area contributed by atoms with Crippen LogP contribution in [0.25, 0.3) is 0 Å². The van der Waals surface area contributed by atoms with Crippen molar-refractivity contribution in [1.29, 1.82) is 0 Å². The Labute approximate surface area is 120 Å². The number of carbonyl (C=O) groups is 1. The van der Waals surface area contributed by atoms with E-state index in [2.05, 4.69) is 31.2 Å². The van der Waals surface area contributed by atoms with Crippen molar-refractivity contribution >= 4 is 5.78 Å². The molecule has 0 bridgehead atoms. The predicted octanol–water partition coefficient (Wildman–Crippen LogP) is 4.36. The van der Waals surface area contributed by atoms with Gasteiger partial charge in [0.05, 0.1) is 0 Å². The van der Waals surface area contributed by atoms with E-state index in [0.717, 1.165) is 36.8 Å². The molecule has 1 aliphatic carbocycles. The maximum absolute atomic E-state index is 12.5. The Kier molecular flexibility index (Phi) is 3.68. The van der Waals surface area contributed by atoms with Gasteiger partial charge in [0.1, 0.15) is 0 Å². The fourth-order valence-corrected chi connectivity index (χ4v) is 2.99. The van der Waals surface area contributed by atoms with Gasteiger partial charge in [0, 0.05) is 11.1 Å². The Balaban J connectivity index is 1.84. The van der Waals surface area contributed by atoms with Crippen LogP contribution in [0.3, 0.4) is 0 Å². The Morgan fingerprint density at radius 3 is 2.40 bits per heavy atom. The maximum atomic E-state index is 12.5. The molecule has 102 valence electrons. The van der Waals surface area contributed by atoms with Crippen LogP contribution in [-0.4, -0.2) is 5.78 Å². The second-order valence-electron chi connectivity index (χ2n) is 5.61. The summed E-state index contributed by atoms with van der Waals surface area (Å²) in [5.74, 6) is 0.141. The molecule has 0 heterocycles. The highest BCUT2D eigenvalue weighted by Crippen LogP contribution is 2.24. The van der Waals surface area contributed by atoms with Crippen molar-refractivity contribution in [2.75, 3.05) is 0 Å². The highest BCUT2D eigenvalue weighted by Gasteiger charge is 2.15. The van der Waals surface area contributed by atoms with Crippen LogP contribution in [0, 0.1) is 0 Å². The van der Waals surface area contributed by atoms with E-state index in [-0.39, 0.29) is 5.78 Å². The van der Waals surface area contributed by atoms with E-state index in [9.17, 15) is 4.79 Å². The molecule has 1 aliphatic rings. The third kappa shape index (κ3) is 2.53. The molecule has 20 heavy (non-hydrogen) atoms. The van der Waals surface area contributed by atoms with Crippen molar-refractivity contribution in [3.05, 3.63) is 70.3 Å². The van der Waals surface area contributed by atoms with Gasteiger partial charge in [0.2, 0.25) is 0 Å². The SMILES string of the molecule is CCCc1ccc(C(=O)c2ccc3c(c2)CCC3)cc1. The molecule has 0 atom stereocenters. The van der Waals surface area contributed by atoms with Gasteiger partial charge in [-0.05, 0) is 48.4 Å². The monoisotopic (exact) mass is 264 g/mol. The molecule has 2 aromatic rings. The second kappa shape index (κ2) is 5.62. The lowest BCUT2D eigenvalue weighted by molar-refractivity contribution is 0.103. The molecule has 0 N–H and O–H groups in total. The fraction of sp³-hybridized carbons (Fsp3) is 0.316. The zero-order chi connectivity index (χ0) is 13.9. The van der Waals surface area contributed by atoms with Crippen molar-refractivity contribution in [3.8, 4) is 0 Å². The molecular formula is C19H20O. The van der Waals surface area contributed by atoms with Crippen molar-refractivity contribution in [2.45, 2.75) is 39.0 Å². The number of fused-ring (bicyclic) bond motifs is 1. The fourth-order valence-electron chi connectivity index (χ4n) is 2.99. The van der Waals surface area contributed by atoms with Gasteiger partial charge in [0.25, 0.3) is 0 Å². The van der Waals surface area contributed by atoms with E-state index < -0.39 is 0 Å². The molecule has 0 fully saturated rings. The summed E-state index contributed by atoms with van der Waals surface area (Å²) in [5, 5.41) is 0. The normalized spacial score (nSPS) is 13.2. The third-order valence-electron chi connectivity index (χ3n) is 4.12. The number of hydrogen-bond donors (Lipinski definition) is 0. The van der Waals surface area contributed by atoms with Crippen molar-refractivity contribution in [1.82, 2.24) is 0 Å². The molecule has 0 aromatic heterocycles. The minimum Gasteiger partial charge on any atom is -0.289 e. The third-order valence-corrected chi connectivity index (χ3v) is 4.12. The standard InChI is InChI=1S/C19H20O/c1-2-4-14-7-9-16(10-8-14)19(20)18-12-11-15-5-3-6-17(15)13-18/h7-13H,2-6H2,1H3. The summed E-state index contributed by atoms with van der Waals surface area (Å²) in [5.41, 5.74) is 5.70. The van der Waals surface area contributed by atoms with Gasteiger partial charge in [-0.25, -0.2) is 0 Å². The summed E-state index contributed by atoms with van der Waals surface area (Å²) in [6.07, 6.45) is 5.71. The molecule has 0 aliphatic heterocycles. The first-order valence-corrected chi connectivity index (χ1v) is 7.53. The van der Waals surface area contributed by atoms with E-state index in [1.807, 2.05) is 18.2 Å². The Morgan fingerprint density at radius 1 is 0.950 bits per heavy atom. The zero-order valence-corrected chi connectivity index (χ0v) is 12.0. The predicted molar refractivity (Wildman–Crippen MR) is 82.3 cm³/mol. The Hall–Kier alpha value is -1.89. The smallest absolute Gasteiger partial charge is 0.193 e. The van der Waals surface area contributed by atoms with Gasteiger partial charge in [0.15, 0.2) is 5.78 Å². The molecule has 0 amide bonds.